The molecule has 2 heterocycles. The summed E-state index contributed by atoms with van der Waals surface area (Å²) in [4.78, 5) is 20.5. The van der Waals surface area contributed by atoms with Crippen molar-refractivity contribution in [2.45, 2.75) is 32.1 Å². The molecular weight excluding hydrogens is 322 g/mol. The second-order valence-electron chi connectivity index (χ2n) is 7.92. The van der Waals surface area contributed by atoms with Crippen molar-refractivity contribution in [3.05, 3.63) is 58.9 Å². The number of nitrogens with one attached hydrogen (secondary N) is 1. The number of H-pyrrole nitrogens is 1. The molecule has 1 fully saturated rings. The van der Waals surface area contributed by atoms with Crippen molar-refractivity contribution in [2.75, 3.05) is 33.2 Å². The normalized spacial score (nSPS) is 20.8. The monoisotopic (exact) mass is 351 g/mol. The fraction of sp³-hybridized carbons (Fsp3) is 0.500. The summed E-state index contributed by atoms with van der Waals surface area (Å²) in [5, 5.41) is 0. The largest absolute Gasteiger partial charge is 0.354 e. The number of rotatable bonds is 4. The smallest absolute Gasteiger partial charge is 0.270 e. The van der Waals surface area contributed by atoms with Gasteiger partial charge in [0.05, 0.1) is 0 Å². The van der Waals surface area contributed by atoms with Crippen LogP contribution in [0, 0.1) is 5.92 Å². The Labute approximate surface area is 156 Å². The van der Waals surface area contributed by atoms with E-state index in [1.54, 1.807) is 0 Å². The molecule has 1 aliphatic carbocycles. The highest BCUT2D eigenvalue weighted by atomic mass is 16.2. The molecule has 1 unspecified atom stereocenters. The molecule has 0 radical (unpaired) electrons. The van der Waals surface area contributed by atoms with Gasteiger partial charge < -0.3 is 14.8 Å². The first-order chi connectivity index (χ1) is 12.7. The van der Waals surface area contributed by atoms with Crippen LogP contribution in [0.15, 0.2) is 36.4 Å². The Morgan fingerprint density at radius 1 is 1.15 bits per heavy atom. The number of hydrogen-bond acceptors (Lipinski definition) is 2. The first-order valence-electron chi connectivity index (χ1n) is 9.91. The summed E-state index contributed by atoms with van der Waals surface area (Å²) >= 11 is 0. The first kappa shape index (κ1) is 17.3. The maximum Gasteiger partial charge on any atom is 0.270 e. The fourth-order valence-corrected chi connectivity index (χ4v) is 4.26. The average molecular weight is 351 g/mol. The van der Waals surface area contributed by atoms with Gasteiger partial charge in [-0.15, -0.1) is 0 Å². The lowest BCUT2D eigenvalue weighted by atomic mass is 9.84. The number of fused-ring (bicyclic) bond motifs is 1. The lowest BCUT2D eigenvalue weighted by Gasteiger charge is -2.32. The Morgan fingerprint density at radius 3 is 2.69 bits per heavy atom. The molecule has 4 heteroatoms. The van der Waals surface area contributed by atoms with Crippen LogP contribution in [-0.4, -0.2) is 53.9 Å². The first-order valence-corrected chi connectivity index (χ1v) is 9.91. The van der Waals surface area contributed by atoms with Gasteiger partial charge in [-0.25, -0.2) is 0 Å². The standard InChI is InChI=1S/C22H29N3O/c1-24-11-13-25(14-12-24)22(26)21-16-19-15-18(9-10-20(19)23-21)8-7-17-5-3-2-4-6-17/h2-6,16,18,23H,7-15H2,1H3. The summed E-state index contributed by atoms with van der Waals surface area (Å²) in [6.07, 6.45) is 5.79. The number of aromatic amines is 1. The van der Waals surface area contributed by atoms with Crippen LogP contribution in [0.2, 0.25) is 0 Å². The van der Waals surface area contributed by atoms with Gasteiger partial charge in [0, 0.05) is 31.9 Å². The predicted octanol–water partition coefficient (Wildman–Crippen LogP) is 3.14. The van der Waals surface area contributed by atoms with Crippen LogP contribution >= 0.6 is 0 Å². The van der Waals surface area contributed by atoms with Gasteiger partial charge >= 0.3 is 0 Å². The van der Waals surface area contributed by atoms with Crippen LogP contribution < -0.4 is 0 Å². The number of aromatic nitrogens is 1. The minimum atomic E-state index is 0.174. The summed E-state index contributed by atoms with van der Waals surface area (Å²) < 4.78 is 0. The molecule has 1 N–H and O–H groups in total. The highest BCUT2D eigenvalue weighted by Crippen LogP contribution is 2.29. The Balaban J connectivity index is 1.37. The van der Waals surface area contributed by atoms with E-state index >= 15 is 0 Å². The van der Waals surface area contributed by atoms with Gasteiger partial charge in [-0.3, -0.25) is 4.79 Å². The Bertz CT molecular complexity index is 744. The molecule has 2 aromatic rings. The zero-order valence-corrected chi connectivity index (χ0v) is 15.7. The SMILES string of the molecule is CN1CCN(C(=O)c2cc3c([nH]2)CCC(CCc2ccccc2)C3)CC1. The van der Waals surface area contributed by atoms with Crippen LogP contribution in [0.3, 0.4) is 0 Å². The van der Waals surface area contributed by atoms with E-state index < -0.39 is 0 Å². The molecule has 1 saturated heterocycles. The number of carbonyl (C=O) groups is 1. The molecule has 0 bridgehead atoms. The van der Waals surface area contributed by atoms with Gasteiger partial charge in [0.25, 0.3) is 5.91 Å². The molecule has 0 saturated carbocycles. The number of hydrogen-bond donors (Lipinski definition) is 1. The molecule has 1 atom stereocenters. The van der Waals surface area contributed by atoms with E-state index in [9.17, 15) is 4.79 Å². The summed E-state index contributed by atoms with van der Waals surface area (Å²) in [6.45, 7) is 3.60. The quantitative estimate of drug-likeness (QED) is 0.919. The predicted molar refractivity (Wildman–Crippen MR) is 104 cm³/mol. The van der Waals surface area contributed by atoms with E-state index in [-0.39, 0.29) is 5.91 Å². The van der Waals surface area contributed by atoms with Crippen molar-refractivity contribution in [1.29, 1.82) is 0 Å². The topological polar surface area (TPSA) is 39.3 Å². The summed E-state index contributed by atoms with van der Waals surface area (Å²) in [5.41, 5.74) is 4.88. The van der Waals surface area contributed by atoms with Crippen molar-refractivity contribution in [1.82, 2.24) is 14.8 Å². The molecule has 4 nitrogen and oxygen atoms in total. The number of aryl methyl sites for hydroxylation is 2. The molecule has 0 spiro atoms. The Hall–Kier alpha value is -2.07. The molecule has 138 valence electrons. The van der Waals surface area contributed by atoms with Crippen molar-refractivity contribution >= 4 is 5.91 Å². The number of piperazine rings is 1. The van der Waals surface area contributed by atoms with Crippen LogP contribution in [0.1, 0.15) is 40.2 Å². The van der Waals surface area contributed by atoms with Crippen molar-refractivity contribution in [3.8, 4) is 0 Å². The molecule has 4 rings (SSSR count). The van der Waals surface area contributed by atoms with Gasteiger partial charge in [-0.2, -0.15) is 0 Å². The molecule has 1 aliphatic heterocycles. The molecule has 1 aromatic carbocycles. The van der Waals surface area contributed by atoms with Crippen molar-refractivity contribution < 1.29 is 4.79 Å². The number of nitrogens with zero attached hydrogens (tertiary/aromatic N) is 2. The van der Waals surface area contributed by atoms with Gasteiger partial charge in [-0.05, 0) is 62.3 Å². The van der Waals surface area contributed by atoms with E-state index in [1.807, 2.05) is 4.90 Å². The summed E-state index contributed by atoms with van der Waals surface area (Å²) in [7, 11) is 2.12. The highest BCUT2D eigenvalue weighted by molar-refractivity contribution is 5.93. The third kappa shape index (κ3) is 3.85. The van der Waals surface area contributed by atoms with Crippen LogP contribution in [-0.2, 0) is 19.3 Å². The summed E-state index contributed by atoms with van der Waals surface area (Å²) in [6, 6.07) is 12.9. The van der Waals surface area contributed by atoms with Gasteiger partial charge in [-0.1, -0.05) is 30.3 Å². The summed E-state index contributed by atoms with van der Waals surface area (Å²) in [5.74, 6) is 0.901. The third-order valence-electron chi connectivity index (χ3n) is 6.01. The van der Waals surface area contributed by atoms with Crippen LogP contribution in [0.5, 0.6) is 0 Å². The Morgan fingerprint density at radius 2 is 1.92 bits per heavy atom. The third-order valence-corrected chi connectivity index (χ3v) is 6.01. The van der Waals surface area contributed by atoms with E-state index in [4.69, 9.17) is 0 Å². The second kappa shape index (κ2) is 7.67. The molecule has 2 aliphatic rings. The molecule has 1 aromatic heterocycles. The van der Waals surface area contributed by atoms with E-state index in [0.29, 0.717) is 0 Å². The van der Waals surface area contributed by atoms with Gasteiger partial charge in [0.1, 0.15) is 5.69 Å². The van der Waals surface area contributed by atoms with Gasteiger partial charge in [0.2, 0.25) is 0 Å². The van der Waals surface area contributed by atoms with Crippen LogP contribution in [0.25, 0.3) is 0 Å². The van der Waals surface area contributed by atoms with E-state index in [2.05, 4.69) is 53.3 Å². The molecular formula is C22H29N3O. The minimum absolute atomic E-state index is 0.174. The molecule has 26 heavy (non-hydrogen) atoms. The second-order valence-corrected chi connectivity index (χ2v) is 7.92. The van der Waals surface area contributed by atoms with E-state index in [1.165, 1.54) is 29.7 Å². The molecule has 1 amide bonds. The average Bonchev–Trinajstić information content (AvgIpc) is 3.10. The maximum absolute atomic E-state index is 12.8. The number of amides is 1. The Kier molecular flexibility index (Phi) is 5.11. The van der Waals surface area contributed by atoms with Crippen LogP contribution in [0.4, 0.5) is 0 Å². The number of likely N-dealkylation sites (N-methyl/N-ethyl adjacent to an activating group) is 1. The minimum Gasteiger partial charge on any atom is -0.354 e. The van der Waals surface area contributed by atoms with E-state index in [0.717, 1.165) is 57.1 Å². The lowest BCUT2D eigenvalue weighted by molar-refractivity contribution is 0.0658. The van der Waals surface area contributed by atoms with Gasteiger partial charge in [0.15, 0.2) is 0 Å². The maximum atomic E-state index is 12.8. The zero-order valence-electron chi connectivity index (χ0n) is 15.7. The van der Waals surface area contributed by atoms with Crippen molar-refractivity contribution in [3.63, 3.8) is 0 Å². The number of carbonyl (C=O) groups excluding carboxylic acids is 1. The zero-order chi connectivity index (χ0) is 17.9. The van der Waals surface area contributed by atoms with Crippen molar-refractivity contribution in [2.24, 2.45) is 5.92 Å². The highest BCUT2D eigenvalue weighted by Gasteiger charge is 2.25. The fourth-order valence-electron chi connectivity index (χ4n) is 4.26. The lowest BCUT2D eigenvalue weighted by Crippen LogP contribution is -2.47. The number of benzene rings is 1.